The maximum Gasteiger partial charge on any atom is 0.462 e. The van der Waals surface area contributed by atoms with Gasteiger partial charge in [-0.1, -0.05) is 0 Å². The van der Waals surface area contributed by atoms with Crippen molar-refractivity contribution >= 4 is 7.12 Å². The standard InChI is InChI=1S/C10H20BNO2/c1-9(2)10(3,4)14-11(13-9)8-5-6-12-7-8/h8,12H,5-7H2,1-4H3. The van der Waals surface area contributed by atoms with Gasteiger partial charge in [0.05, 0.1) is 11.2 Å². The highest BCUT2D eigenvalue weighted by molar-refractivity contribution is 6.47. The van der Waals surface area contributed by atoms with E-state index in [1.165, 1.54) is 0 Å². The molecule has 0 saturated carbocycles. The number of hydrogen-bond acceptors (Lipinski definition) is 3. The molecule has 1 unspecified atom stereocenters. The van der Waals surface area contributed by atoms with E-state index in [0.29, 0.717) is 5.82 Å². The molecule has 0 bridgehead atoms. The zero-order valence-corrected chi connectivity index (χ0v) is 9.59. The summed E-state index contributed by atoms with van der Waals surface area (Å²) in [5.74, 6) is 0.524. The first-order valence-electron chi connectivity index (χ1n) is 5.49. The summed E-state index contributed by atoms with van der Waals surface area (Å²) in [6.07, 6.45) is 1.16. The van der Waals surface area contributed by atoms with Crippen LogP contribution in [0, 0.1) is 0 Å². The fourth-order valence-corrected chi connectivity index (χ4v) is 1.99. The Kier molecular flexibility index (Phi) is 2.41. The highest BCUT2D eigenvalue weighted by atomic mass is 16.7. The normalized spacial score (nSPS) is 35.1. The lowest BCUT2D eigenvalue weighted by Crippen LogP contribution is -2.41. The molecule has 0 amide bonds. The van der Waals surface area contributed by atoms with Crippen LogP contribution in [0.4, 0.5) is 0 Å². The fraction of sp³-hybridized carbons (Fsp3) is 1.00. The Balaban J connectivity index is 2.05. The Bertz CT molecular complexity index is 208. The lowest BCUT2D eigenvalue weighted by atomic mass is 9.71. The largest absolute Gasteiger partial charge is 0.462 e. The van der Waals surface area contributed by atoms with Crippen LogP contribution in [-0.2, 0) is 9.31 Å². The molecule has 0 aromatic heterocycles. The molecule has 2 aliphatic rings. The SMILES string of the molecule is CC1(C)OB(C2CCNC2)OC1(C)C. The van der Waals surface area contributed by atoms with Crippen molar-refractivity contribution in [2.45, 2.75) is 51.1 Å². The zero-order chi connectivity index (χ0) is 10.4. The van der Waals surface area contributed by atoms with Crippen molar-refractivity contribution in [3.63, 3.8) is 0 Å². The molecule has 14 heavy (non-hydrogen) atoms. The first-order valence-corrected chi connectivity index (χ1v) is 5.49. The quantitative estimate of drug-likeness (QED) is 0.645. The Morgan fingerprint density at radius 2 is 1.71 bits per heavy atom. The molecule has 1 atom stereocenters. The molecule has 0 spiro atoms. The van der Waals surface area contributed by atoms with Gasteiger partial charge >= 0.3 is 7.12 Å². The third kappa shape index (κ3) is 1.60. The van der Waals surface area contributed by atoms with Crippen LogP contribution in [-0.4, -0.2) is 31.4 Å². The molecule has 2 rings (SSSR count). The van der Waals surface area contributed by atoms with Gasteiger partial charge in [0.2, 0.25) is 0 Å². The van der Waals surface area contributed by atoms with E-state index in [2.05, 4.69) is 33.0 Å². The van der Waals surface area contributed by atoms with Crippen LogP contribution in [0.5, 0.6) is 0 Å². The van der Waals surface area contributed by atoms with Crippen LogP contribution in [0.25, 0.3) is 0 Å². The average Bonchev–Trinajstić information content (AvgIpc) is 2.58. The highest BCUT2D eigenvalue weighted by Gasteiger charge is 2.53. The van der Waals surface area contributed by atoms with E-state index < -0.39 is 0 Å². The van der Waals surface area contributed by atoms with Gasteiger partial charge in [0.25, 0.3) is 0 Å². The smallest absolute Gasteiger partial charge is 0.403 e. The second-order valence-electron chi connectivity index (χ2n) is 5.38. The van der Waals surface area contributed by atoms with Gasteiger partial charge in [0.1, 0.15) is 0 Å². The summed E-state index contributed by atoms with van der Waals surface area (Å²) in [7, 11) is -0.0185. The third-order valence-corrected chi connectivity index (χ3v) is 3.75. The summed E-state index contributed by atoms with van der Waals surface area (Å²) >= 11 is 0. The molecule has 4 heteroatoms. The first kappa shape index (κ1) is 10.5. The predicted molar refractivity (Wildman–Crippen MR) is 57.3 cm³/mol. The van der Waals surface area contributed by atoms with Gasteiger partial charge < -0.3 is 14.6 Å². The van der Waals surface area contributed by atoms with Gasteiger partial charge in [0.15, 0.2) is 0 Å². The molecule has 80 valence electrons. The maximum absolute atomic E-state index is 5.99. The molecule has 2 fully saturated rings. The van der Waals surface area contributed by atoms with Crippen molar-refractivity contribution < 1.29 is 9.31 Å². The molecule has 0 aromatic rings. The molecular formula is C10H20BNO2. The van der Waals surface area contributed by atoms with Gasteiger partial charge in [-0.2, -0.15) is 0 Å². The summed E-state index contributed by atoms with van der Waals surface area (Å²) in [6.45, 7) is 10.5. The predicted octanol–water partition coefficient (Wildman–Crippen LogP) is 1.44. The summed E-state index contributed by atoms with van der Waals surface area (Å²) < 4.78 is 12.0. The van der Waals surface area contributed by atoms with Crippen molar-refractivity contribution in [1.29, 1.82) is 0 Å². The van der Waals surface area contributed by atoms with Crippen LogP contribution >= 0.6 is 0 Å². The molecule has 0 radical (unpaired) electrons. The van der Waals surface area contributed by atoms with Gasteiger partial charge in [-0.15, -0.1) is 0 Å². The molecule has 2 saturated heterocycles. The molecule has 2 aliphatic heterocycles. The summed E-state index contributed by atoms with van der Waals surface area (Å²) in [5, 5.41) is 3.34. The third-order valence-electron chi connectivity index (χ3n) is 3.75. The summed E-state index contributed by atoms with van der Waals surface area (Å²) in [4.78, 5) is 0. The Labute approximate surface area is 86.7 Å². The molecule has 3 nitrogen and oxygen atoms in total. The van der Waals surface area contributed by atoms with E-state index in [4.69, 9.17) is 9.31 Å². The number of hydrogen-bond donors (Lipinski definition) is 1. The van der Waals surface area contributed by atoms with Crippen molar-refractivity contribution in [3.8, 4) is 0 Å². The Morgan fingerprint density at radius 1 is 1.14 bits per heavy atom. The van der Waals surface area contributed by atoms with E-state index >= 15 is 0 Å². The number of nitrogens with one attached hydrogen (secondary N) is 1. The van der Waals surface area contributed by atoms with Gasteiger partial charge in [-0.25, -0.2) is 0 Å². The van der Waals surface area contributed by atoms with Crippen LogP contribution < -0.4 is 5.32 Å². The summed E-state index contributed by atoms with van der Waals surface area (Å²) in [5.41, 5.74) is -0.361. The first-order chi connectivity index (χ1) is 6.42. The average molecular weight is 197 g/mol. The monoisotopic (exact) mass is 197 g/mol. The van der Waals surface area contributed by atoms with Crippen molar-refractivity contribution in [1.82, 2.24) is 5.32 Å². The van der Waals surface area contributed by atoms with E-state index in [1.54, 1.807) is 0 Å². The van der Waals surface area contributed by atoms with Gasteiger partial charge in [-0.05, 0) is 47.2 Å². The Hall–Kier alpha value is -0.0551. The minimum atomic E-state index is -0.180. The minimum Gasteiger partial charge on any atom is -0.403 e. The van der Waals surface area contributed by atoms with E-state index in [1.807, 2.05) is 0 Å². The van der Waals surface area contributed by atoms with Crippen molar-refractivity contribution in [3.05, 3.63) is 0 Å². The molecule has 0 aromatic carbocycles. The van der Waals surface area contributed by atoms with Crippen LogP contribution in [0.2, 0.25) is 5.82 Å². The van der Waals surface area contributed by atoms with Crippen molar-refractivity contribution in [2.24, 2.45) is 0 Å². The fourth-order valence-electron chi connectivity index (χ4n) is 1.99. The van der Waals surface area contributed by atoms with Gasteiger partial charge in [0, 0.05) is 5.82 Å². The van der Waals surface area contributed by atoms with Crippen molar-refractivity contribution in [2.75, 3.05) is 13.1 Å². The van der Waals surface area contributed by atoms with Crippen LogP contribution in [0.3, 0.4) is 0 Å². The lowest BCUT2D eigenvalue weighted by molar-refractivity contribution is 0.00578. The van der Waals surface area contributed by atoms with Gasteiger partial charge in [-0.3, -0.25) is 0 Å². The van der Waals surface area contributed by atoms with E-state index in [-0.39, 0.29) is 18.3 Å². The zero-order valence-electron chi connectivity index (χ0n) is 9.59. The molecular weight excluding hydrogens is 177 g/mol. The number of rotatable bonds is 1. The summed E-state index contributed by atoms with van der Waals surface area (Å²) in [6, 6.07) is 0. The maximum atomic E-state index is 5.99. The molecule has 2 heterocycles. The second kappa shape index (κ2) is 3.22. The van der Waals surface area contributed by atoms with Crippen LogP contribution in [0.1, 0.15) is 34.1 Å². The minimum absolute atomic E-state index is 0.0185. The second-order valence-corrected chi connectivity index (χ2v) is 5.38. The highest BCUT2D eigenvalue weighted by Crippen LogP contribution is 2.41. The molecule has 1 N–H and O–H groups in total. The lowest BCUT2D eigenvalue weighted by Gasteiger charge is -2.32. The molecule has 0 aliphatic carbocycles. The van der Waals surface area contributed by atoms with E-state index in [0.717, 1.165) is 19.5 Å². The topological polar surface area (TPSA) is 30.5 Å². The van der Waals surface area contributed by atoms with E-state index in [9.17, 15) is 0 Å². The Morgan fingerprint density at radius 3 is 2.14 bits per heavy atom. The van der Waals surface area contributed by atoms with Crippen LogP contribution in [0.15, 0.2) is 0 Å².